The number of aliphatic hydroxyl groups is 1. The fourth-order valence-corrected chi connectivity index (χ4v) is 3.29. The molecule has 0 radical (unpaired) electrons. The Balaban J connectivity index is 1.87. The number of carbonyl (C=O) groups excluding carboxylic acids is 3. The maximum atomic E-state index is 12.6. The van der Waals surface area contributed by atoms with E-state index in [9.17, 15) is 19.5 Å². The summed E-state index contributed by atoms with van der Waals surface area (Å²) in [5.41, 5.74) is 1.98. The summed E-state index contributed by atoms with van der Waals surface area (Å²) in [6.45, 7) is 5.23. The average molecular weight is 425 g/mol. The van der Waals surface area contributed by atoms with Gasteiger partial charge in [-0.25, -0.2) is 0 Å². The first-order valence-corrected chi connectivity index (χ1v) is 10.6. The molecule has 166 valence electrons. The Morgan fingerprint density at radius 2 is 1.39 bits per heavy atom. The van der Waals surface area contributed by atoms with Gasteiger partial charge in [0.15, 0.2) is 5.78 Å². The van der Waals surface area contributed by atoms with E-state index in [0.29, 0.717) is 13.0 Å². The van der Waals surface area contributed by atoms with E-state index in [0.717, 1.165) is 11.1 Å². The zero-order chi connectivity index (χ0) is 22.8. The van der Waals surface area contributed by atoms with Crippen LogP contribution in [0.4, 0.5) is 0 Å². The maximum absolute atomic E-state index is 12.6. The number of amides is 2. The molecule has 4 atom stereocenters. The molecule has 0 saturated carbocycles. The molecule has 0 aliphatic heterocycles. The lowest BCUT2D eigenvalue weighted by Crippen LogP contribution is -2.44. The number of ketones is 1. The SMILES string of the molecule is C[C@@H](Cc1ccccc1)C(=O)N[C@H](C)C(=O)CC(C(=O)NCc1ccccc1)[C@@H](C)O. The summed E-state index contributed by atoms with van der Waals surface area (Å²) in [4.78, 5) is 37.7. The highest BCUT2D eigenvalue weighted by Gasteiger charge is 2.29. The second kappa shape index (κ2) is 12.0. The Labute approximate surface area is 184 Å². The van der Waals surface area contributed by atoms with E-state index < -0.39 is 18.1 Å². The maximum Gasteiger partial charge on any atom is 0.226 e. The molecule has 0 spiro atoms. The van der Waals surface area contributed by atoms with Gasteiger partial charge in [0, 0.05) is 18.9 Å². The third-order valence-electron chi connectivity index (χ3n) is 5.32. The smallest absolute Gasteiger partial charge is 0.226 e. The van der Waals surface area contributed by atoms with Crippen LogP contribution in [0.3, 0.4) is 0 Å². The van der Waals surface area contributed by atoms with E-state index in [-0.39, 0.29) is 29.9 Å². The number of hydrogen-bond donors (Lipinski definition) is 3. The highest BCUT2D eigenvalue weighted by molar-refractivity contribution is 5.92. The molecule has 0 saturated heterocycles. The van der Waals surface area contributed by atoms with Crippen LogP contribution in [0.2, 0.25) is 0 Å². The molecule has 2 amide bonds. The molecule has 1 unspecified atom stereocenters. The van der Waals surface area contributed by atoms with Gasteiger partial charge in [-0.3, -0.25) is 14.4 Å². The van der Waals surface area contributed by atoms with Crippen molar-refractivity contribution in [1.29, 1.82) is 0 Å². The van der Waals surface area contributed by atoms with Crippen molar-refractivity contribution in [2.75, 3.05) is 0 Å². The fourth-order valence-electron chi connectivity index (χ4n) is 3.29. The second-order valence-corrected chi connectivity index (χ2v) is 8.04. The van der Waals surface area contributed by atoms with E-state index in [2.05, 4.69) is 10.6 Å². The van der Waals surface area contributed by atoms with Crippen molar-refractivity contribution >= 4 is 17.6 Å². The molecule has 2 aromatic rings. The number of Topliss-reactive ketones (excluding diaryl/α,β-unsaturated/α-hetero) is 1. The molecule has 0 aromatic heterocycles. The summed E-state index contributed by atoms with van der Waals surface area (Å²) in [5, 5.41) is 15.6. The van der Waals surface area contributed by atoms with E-state index in [1.165, 1.54) is 6.92 Å². The van der Waals surface area contributed by atoms with Gasteiger partial charge in [-0.2, -0.15) is 0 Å². The van der Waals surface area contributed by atoms with Crippen LogP contribution < -0.4 is 10.6 Å². The zero-order valence-electron chi connectivity index (χ0n) is 18.4. The number of benzene rings is 2. The fraction of sp³-hybridized carbons (Fsp3) is 0.400. The van der Waals surface area contributed by atoms with Crippen LogP contribution in [0.15, 0.2) is 60.7 Å². The summed E-state index contributed by atoms with van der Waals surface area (Å²) in [7, 11) is 0. The van der Waals surface area contributed by atoms with Crippen LogP contribution in [0.1, 0.15) is 38.3 Å². The van der Waals surface area contributed by atoms with Crippen LogP contribution in [0.5, 0.6) is 0 Å². The predicted molar refractivity (Wildman–Crippen MR) is 120 cm³/mol. The van der Waals surface area contributed by atoms with E-state index in [4.69, 9.17) is 0 Å². The third-order valence-corrected chi connectivity index (χ3v) is 5.32. The van der Waals surface area contributed by atoms with Crippen LogP contribution in [0, 0.1) is 11.8 Å². The topological polar surface area (TPSA) is 95.5 Å². The molecule has 6 heteroatoms. The summed E-state index contributed by atoms with van der Waals surface area (Å²) in [6, 6.07) is 18.3. The molecule has 6 nitrogen and oxygen atoms in total. The average Bonchev–Trinajstić information content (AvgIpc) is 2.76. The zero-order valence-corrected chi connectivity index (χ0v) is 18.4. The number of aliphatic hydroxyl groups excluding tert-OH is 1. The van der Waals surface area contributed by atoms with Gasteiger partial charge in [0.1, 0.15) is 0 Å². The Bertz CT molecular complexity index is 852. The lowest BCUT2D eigenvalue weighted by molar-refractivity contribution is -0.134. The Kier molecular flexibility index (Phi) is 9.40. The summed E-state index contributed by atoms with van der Waals surface area (Å²) in [6.07, 6.45) is -0.557. The summed E-state index contributed by atoms with van der Waals surface area (Å²) in [5.74, 6) is -2.06. The van der Waals surface area contributed by atoms with Gasteiger partial charge in [-0.1, -0.05) is 67.6 Å². The monoisotopic (exact) mass is 424 g/mol. The normalized spacial score (nSPS) is 14.7. The summed E-state index contributed by atoms with van der Waals surface area (Å²) < 4.78 is 0. The highest BCUT2D eigenvalue weighted by atomic mass is 16.3. The first-order valence-electron chi connectivity index (χ1n) is 10.6. The largest absolute Gasteiger partial charge is 0.393 e. The van der Waals surface area contributed by atoms with Gasteiger partial charge < -0.3 is 15.7 Å². The number of nitrogens with one attached hydrogen (secondary N) is 2. The number of carbonyl (C=O) groups is 3. The van der Waals surface area contributed by atoms with Crippen molar-refractivity contribution < 1.29 is 19.5 Å². The van der Waals surface area contributed by atoms with Crippen molar-refractivity contribution in [3.8, 4) is 0 Å². The van der Waals surface area contributed by atoms with Crippen molar-refractivity contribution in [3.05, 3.63) is 71.8 Å². The molecule has 0 aliphatic rings. The predicted octanol–water partition coefficient (Wildman–Crippen LogP) is 2.64. The molecule has 0 fully saturated rings. The molecule has 2 rings (SSSR count). The molecule has 31 heavy (non-hydrogen) atoms. The summed E-state index contributed by atoms with van der Waals surface area (Å²) >= 11 is 0. The first kappa shape index (κ1) is 24.3. The molecule has 0 bridgehead atoms. The molecule has 3 N–H and O–H groups in total. The van der Waals surface area contributed by atoms with Gasteiger partial charge in [0.2, 0.25) is 11.8 Å². The molecule has 0 aliphatic carbocycles. The first-order chi connectivity index (χ1) is 14.8. The number of hydrogen-bond acceptors (Lipinski definition) is 4. The van der Waals surface area contributed by atoms with Crippen molar-refractivity contribution in [1.82, 2.24) is 10.6 Å². The van der Waals surface area contributed by atoms with E-state index in [1.807, 2.05) is 67.6 Å². The highest BCUT2D eigenvalue weighted by Crippen LogP contribution is 2.13. The lowest BCUT2D eigenvalue weighted by Gasteiger charge is -2.22. The van der Waals surface area contributed by atoms with E-state index >= 15 is 0 Å². The van der Waals surface area contributed by atoms with Crippen LogP contribution in [-0.4, -0.2) is 34.8 Å². The third kappa shape index (κ3) is 7.98. The van der Waals surface area contributed by atoms with Gasteiger partial charge in [-0.15, -0.1) is 0 Å². The Hall–Kier alpha value is -2.99. The molecular weight excluding hydrogens is 392 g/mol. The Morgan fingerprint density at radius 1 is 0.839 bits per heavy atom. The van der Waals surface area contributed by atoms with Gasteiger partial charge in [0.05, 0.1) is 18.1 Å². The van der Waals surface area contributed by atoms with Crippen LogP contribution in [-0.2, 0) is 27.3 Å². The van der Waals surface area contributed by atoms with Crippen LogP contribution in [0.25, 0.3) is 0 Å². The molecule has 2 aromatic carbocycles. The minimum absolute atomic E-state index is 0.146. The Morgan fingerprint density at radius 3 is 1.94 bits per heavy atom. The second-order valence-electron chi connectivity index (χ2n) is 8.04. The van der Waals surface area contributed by atoms with Gasteiger partial charge in [0.25, 0.3) is 0 Å². The van der Waals surface area contributed by atoms with Gasteiger partial charge in [-0.05, 0) is 31.4 Å². The van der Waals surface area contributed by atoms with Gasteiger partial charge >= 0.3 is 0 Å². The standard InChI is InChI=1S/C25H32N2O4/c1-17(14-20-10-6-4-7-11-20)24(30)27-18(2)23(29)15-22(19(3)28)25(31)26-16-21-12-8-5-9-13-21/h4-13,17-19,22,28H,14-16H2,1-3H3,(H,26,31)(H,27,30)/t17-,18+,19+,22?/m0/s1. The van der Waals surface area contributed by atoms with Crippen molar-refractivity contribution in [2.24, 2.45) is 11.8 Å². The quantitative estimate of drug-likeness (QED) is 0.517. The minimum Gasteiger partial charge on any atom is -0.393 e. The minimum atomic E-state index is -0.986. The van der Waals surface area contributed by atoms with E-state index in [1.54, 1.807) is 6.92 Å². The number of rotatable bonds is 11. The lowest BCUT2D eigenvalue weighted by atomic mass is 9.93. The van der Waals surface area contributed by atoms with Crippen molar-refractivity contribution in [2.45, 2.75) is 52.3 Å². The van der Waals surface area contributed by atoms with Crippen molar-refractivity contribution in [3.63, 3.8) is 0 Å². The molecular formula is C25H32N2O4. The van der Waals surface area contributed by atoms with Crippen LogP contribution >= 0.6 is 0 Å². The molecule has 0 heterocycles.